The summed E-state index contributed by atoms with van der Waals surface area (Å²) >= 11 is 1.37. The average molecular weight is 374 g/mol. The number of likely N-dealkylation sites (tertiary alicyclic amines) is 1. The van der Waals surface area contributed by atoms with Crippen LogP contribution in [0.3, 0.4) is 0 Å². The Balaban J connectivity index is 1.74. The topological polar surface area (TPSA) is 77.0 Å². The van der Waals surface area contributed by atoms with Crippen LogP contribution in [0.5, 0.6) is 0 Å². The van der Waals surface area contributed by atoms with Crippen LogP contribution in [0.15, 0.2) is 29.4 Å². The summed E-state index contributed by atoms with van der Waals surface area (Å²) in [5.41, 5.74) is 2.09. The molecule has 1 aromatic heterocycles. The Morgan fingerprint density at radius 2 is 1.81 bits per heavy atom. The minimum Gasteiger partial charge on any atom is -0.336 e. The van der Waals surface area contributed by atoms with Crippen molar-refractivity contribution in [2.24, 2.45) is 0 Å². The number of nitrogens with two attached hydrogens (primary N) is 1. The fourth-order valence-corrected chi connectivity index (χ4v) is 4.36. The highest BCUT2D eigenvalue weighted by Gasteiger charge is 2.32. The summed E-state index contributed by atoms with van der Waals surface area (Å²) in [7, 11) is 0. The van der Waals surface area contributed by atoms with Gasteiger partial charge in [0.25, 0.3) is 0 Å². The zero-order valence-corrected chi connectivity index (χ0v) is 16.7. The molecule has 1 saturated heterocycles. The van der Waals surface area contributed by atoms with Gasteiger partial charge in [-0.05, 0) is 47.0 Å². The molecular formula is C19H27N5OS. The summed E-state index contributed by atoms with van der Waals surface area (Å²) < 4.78 is 1.47. The van der Waals surface area contributed by atoms with Crippen LogP contribution in [0.1, 0.15) is 45.6 Å². The molecule has 1 aliphatic rings. The van der Waals surface area contributed by atoms with E-state index in [0.29, 0.717) is 11.0 Å². The van der Waals surface area contributed by atoms with Gasteiger partial charge in [-0.25, -0.2) is 4.68 Å². The van der Waals surface area contributed by atoms with Gasteiger partial charge in [-0.3, -0.25) is 4.79 Å². The van der Waals surface area contributed by atoms with E-state index in [1.807, 2.05) is 43.0 Å². The van der Waals surface area contributed by atoms with Crippen molar-refractivity contribution in [3.05, 3.63) is 29.8 Å². The van der Waals surface area contributed by atoms with Crippen molar-refractivity contribution in [3.8, 4) is 11.4 Å². The van der Waals surface area contributed by atoms with Gasteiger partial charge in [0.05, 0.1) is 5.25 Å². The molecule has 0 aliphatic carbocycles. The Morgan fingerprint density at radius 1 is 1.19 bits per heavy atom. The van der Waals surface area contributed by atoms with Gasteiger partial charge in [-0.1, -0.05) is 41.6 Å². The maximum absolute atomic E-state index is 13.0. The number of thioether (sulfide) groups is 1. The molecule has 3 atom stereocenters. The monoisotopic (exact) mass is 373 g/mol. The van der Waals surface area contributed by atoms with E-state index in [0.717, 1.165) is 18.4 Å². The van der Waals surface area contributed by atoms with Crippen LogP contribution in [0, 0.1) is 6.92 Å². The number of aromatic nitrogens is 3. The van der Waals surface area contributed by atoms with Crippen LogP contribution in [-0.4, -0.2) is 43.0 Å². The summed E-state index contributed by atoms with van der Waals surface area (Å²) in [4.78, 5) is 15.0. The van der Waals surface area contributed by atoms with E-state index < -0.39 is 0 Å². The van der Waals surface area contributed by atoms with Crippen LogP contribution in [0.25, 0.3) is 11.4 Å². The van der Waals surface area contributed by atoms with Gasteiger partial charge in [0.15, 0.2) is 5.82 Å². The molecular weight excluding hydrogens is 346 g/mol. The van der Waals surface area contributed by atoms with Crippen LogP contribution >= 0.6 is 11.8 Å². The van der Waals surface area contributed by atoms with Gasteiger partial charge < -0.3 is 10.7 Å². The standard InChI is InChI=1S/C19H27N5OS/c1-12-8-10-16(11-9-12)17-21-22-19(24(17)20)26-15(4)18(25)23-13(2)6-5-7-14(23)3/h8-11,13-15H,5-7,20H2,1-4H3/t13-,14-,15+/m0/s1. The second-order valence-electron chi connectivity index (χ2n) is 7.18. The number of nitrogen functional groups attached to an aromatic ring is 1. The normalized spacial score (nSPS) is 21.6. The molecule has 0 unspecified atom stereocenters. The molecule has 0 radical (unpaired) electrons. The Bertz CT molecular complexity index is 763. The third-order valence-electron chi connectivity index (χ3n) is 5.05. The molecule has 1 fully saturated rings. The predicted molar refractivity (Wildman–Crippen MR) is 105 cm³/mol. The quantitative estimate of drug-likeness (QED) is 0.658. The molecule has 2 aromatic rings. The molecule has 1 amide bonds. The van der Waals surface area contributed by atoms with E-state index >= 15 is 0 Å². The van der Waals surface area contributed by atoms with Crippen molar-refractivity contribution in [2.45, 2.75) is 69.4 Å². The number of carbonyl (C=O) groups excluding carboxylic acids is 1. The lowest BCUT2D eigenvalue weighted by Crippen LogP contribution is -2.50. The van der Waals surface area contributed by atoms with Crippen molar-refractivity contribution < 1.29 is 4.79 Å². The number of aryl methyl sites for hydroxylation is 1. The highest BCUT2D eigenvalue weighted by Crippen LogP contribution is 2.29. The number of piperidine rings is 1. The largest absolute Gasteiger partial charge is 0.336 e. The van der Waals surface area contributed by atoms with Gasteiger partial charge >= 0.3 is 0 Å². The number of nitrogens with zero attached hydrogens (tertiary/aromatic N) is 4. The minimum atomic E-state index is -0.254. The summed E-state index contributed by atoms with van der Waals surface area (Å²) in [5, 5.41) is 8.71. The number of rotatable bonds is 4. The van der Waals surface area contributed by atoms with E-state index in [9.17, 15) is 4.79 Å². The summed E-state index contributed by atoms with van der Waals surface area (Å²) in [6.07, 6.45) is 3.32. The van der Waals surface area contributed by atoms with Gasteiger partial charge in [0.1, 0.15) is 0 Å². The van der Waals surface area contributed by atoms with Gasteiger partial charge in [-0.2, -0.15) is 0 Å². The van der Waals surface area contributed by atoms with Crippen molar-refractivity contribution in [1.29, 1.82) is 0 Å². The molecule has 1 aromatic carbocycles. The first-order valence-corrected chi connectivity index (χ1v) is 10.0. The lowest BCUT2D eigenvalue weighted by atomic mass is 9.97. The molecule has 1 aliphatic heterocycles. The molecule has 6 nitrogen and oxygen atoms in total. The SMILES string of the molecule is Cc1ccc(-c2nnc(S[C@H](C)C(=O)N3[C@@H](C)CCC[C@@H]3C)n2N)cc1. The maximum Gasteiger partial charge on any atom is 0.236 e. The number of benzene rings is 1. The van der Waals surface area contributed by atoms with Crippen LogP contribution in [0.4, 0.5) is 0 Å². The molecule has 2 heterocycles. The zero-order chi connectivity index (χ0) is 18.8. The third-order valence-corrected chi connectivity index (χ3v) is 6.10. The second-order valence-corrected chi connectivity index (χ2v) is 8.48. The average Bonchev–Trinajstić information content (AvgIpc) is 2.96. The predicted octanol–water partition coefficient (Wildman–Crippen LogP) is 3.24. The van der Waals surface area contributed by atoms with E-state index in [2.05, 4.69) is 24.0 Å². The fourth-order valence-electron chi connectivity index (χ4n) is 3.53. The Kier molecular flexibility index (Phi) is 5.55. The molecule has 26 heavy (non-hydrogen) atoms. The van der Waals surface area contributed by atoms with Crippen LogP contribution in [0.2, 0.25) is 0 Å². The van der Waals surface area contributed by atoms with Crippen LogP contribution in [-0.2, 0) is 4.79 Å². The van der Waals surface area contributed by atoms with Crippen LogP contribution < -0.4 is 5.84 Å². The number of hydrogen-bond acceptors (Lipinski definition) is 5. The summed E-state index contributed by atoms with van der Waals surface area (Å²) in [6.45, 7) is 8.22. The first kappa shape index (κ1) is 18.8. The van der Waals surface area contributed by atoms with Gasteiger partial charge in [-0.15, -0.1) is 10.2 Å². The van der Waals surface area contributed by atoms with E-state index in [-0.39, 0.29) is 23.2 Å². The highest BCUT2D eigenvalue weighted by molar-refractivity contribution is 8.00. The highest BCUT2D eigenvalue weighted by atomic mass is 32.2. The lowest BCUT2D eigenvalue weighted by molar-refractivity contribution is -0.136. The smallest absolute Gasteiger partial charge is 0.236 e. The van der Waals surface area contributed by atoms with E-state index in [1.165, 1.54) is 28.4 Å². The molecule has 0 spiro atoms. The maximum atomic E-state index is 13.0. The summed E-state index contributed by atoms with van der Waals surface area (Å²) in [5.74, 6) is 6.95. The first-order chi connectivity index (χ1) is 12.4. The minimum absolute atomic E-state index is 0.148. The van der Waals surface area contributed by atoms with Crippen molar-refractivity contribution in [2.75, 3.05) is 5.84 Å². The molecule has 2 N–H and O–H groups in total. The second kappa shape index (κ2) is 7.70. The third kappa shape index (κ3) is 3.72. The molecule has 7 heteroatoms. The van der Waals surface area contributed by atoms with E-state index in [4.69, 9.17) is 5.84 Å². The number of carbonyl (C=O) groups is 1. The zero-order valence-electron chi connectivity index (χ0n) is 15.8. The first-order valence-electron chi connectivity index (χ1n) is 9.15. The summed E-state index contributed by atoms with van der Waals surface area (Å²) in [6, 6.07) is 8.55. The Morgan fingerprint density at radius 3 is 2.42 bits per heavy atom. The van der Waals surface area contributed by atoms with Crippen molar-refractivity contribution >= 4 is 17.7 Å². The van der Waals surface area contributed by atoms with Gasteiger partial charge in [0.2, 0.25) is 11.1 Å². The number of amides is 1. The number of hydrogen-bond donors (Lipinski definition) is 1. The molecule has 0 bridgehead atoms. The Hall–Kier alpha value is -2.02. The molecule has 140 valence electrons. The Labute approximate surface area is 159 Å². The van der Waals surface area contributed by atoms with Crippen molar-refractivity contribution in [1.82, 2.24) is 19.8 Å². The molecule has 3 rings (SSSR count). The van der Waals surface area contributed by atoms with Crippen molar-refractivity contribution in [3.63, 3.8) is 0 Å². The van der Waals surface area contributed by atoms with E-state index in [1.54, 1.807) is 0 Å². The molecule has 0 saturated carbocycles. The fraction of sp³-hybridized carbons (Fsp3) is 0.526. The van der Waals surface area contributed by atoms with Gasteiger partial charge in [0, 0.05) is 17.6 Å². The lowest BCUT2D eigenvalue weighted by Gasteiger charge is -2.40.